The molecule has 0 aliphatic rings. The lowest BCUT2D eigenvalue weighted by atomic mass is 10.1. The zero-order valence-corrected chi connectivity index (χ0v) is 12.6. The zero-order valence-electron chi connectivity index (χ0n) is 11.0. The van der Waals surface area contributed by atoms with Crippen molar-refractivity contribution in [2.75, 3.05) is 5.32 Å². The van der Waals surface area contributed by atoms with Crippen LogP contribution in [-0.2, 0) is 4.74 Å². The SMILES string of the molecule is CC(C)(C)OC(=O)Nc1cccc2cncc(Br)c12. The number of amides is 1. The molecule has 1 aromatic heterocycles. The Labute approximate surface area is 120 Å². The van der Waals surface area contributed by atoms with E-state index in [9.17, 15) is 4.79 Å². The van der Waals surface area contributed by atoms with E-state index < -0.39 is 11.7 Å². The van der Waals surface area contributed by atoms with E-state index in [0.29, 0.717) is 5.69 Å². The fraction of sp³-hybridized carbons (Fsp3) is 0.286. The molecule has 0 unspecified atom stereocenters. The van der Waals surface area contributed by atoms with Gasteiger partial charge in [0.05, 0.1) is 5.69 Å². The number of halogens is 1. The number of nitrogens with zero attached hydrogens (tertiary/aromatic N) is 1. The minimum atomic E-state index is -0.520. The van der Waals surface area contributed by atoms with Gasteiger partial charge in [0.1, 0.15) is 5.60 Å². The summed E-state index contributed by atoms with van der Waals surface area (Å²) < 4.78 is 6.08. The average Bonchev–Trinajstić information content (AvgIpc) is 2.26. The van der Waals surface area contributed by atoms with Gasteiger partial charge in [0.2, 0.25) is 0 Å². The van der Waals surface area contributed by atoms with Gasteiger partial charge in [0.25, 0.3) is 0 Å². The van der Waals surface area contributed by atoms with Crippen LogP contribution in [0, 0.1) is 0 Å². The standard InChI is InChI=1S/C14H15BrN2O2/c1-14(2,3)19-13(18)17-11-6-4-5-9-7-16-8-10(15)12(9)11/h4-8H,1-3H3,(H,17,18). The number of hydrogen-bond acceptors (Lipinski definition) is 3. The van der Waals surface area contributed by atoms with Gasteiger partial charge in [-0.15, -0.1) is 0 Å². The molecule has 0 spiro atoms. The first kappa shape index (κ1) is 13.8. The van der Waals surface area contributed by atoms with E-state index in [2.05, 4.69) is 26.2 Å². The van der Waals surface area contributed by atoms with E-state index in [4.69, 9.17) is 4.74 Å². The first-order valence-electron chi connectivity index (χ1n) is 5.89. The summed E-state index contributed by atoms with van der Waals surface area (Å²) in [6.45, 7) is 5.49. The van der Waals surface area contributed by atoms with Crippen LogP contribution in [0.3, 0.4) is 0 Å². The lowest BCUT2D eigenvalue weighted by Crippen LogP contribution is -2.27. The van der Waals surface area contributed by atoms with Gasteiger partial charge >= 0.3 is 6.09 Å². The molecule has 2 rings (SSSR count). The van der Waals surface area contributed by atoms with Crippen LogP contribution in [0.5, 0.6) is 0 Å². The van der Waals surface area contributed by atoms with E-state index in [1.807, 2.05) is 39.0 Å². The predicted octanol–water partition coefficient (Wildman–Crippen LogP) is 4.34. The van der Waals surface area contributed by atoms with E-state index in [0.717, 1.165) is 15.2 Å². The van der Waals surface area contributed by atoms with Crippen LogP contribution < -0.4 is 5.32 Å². The summed E-state index contributed by atoms with van der Waals surface area (Å²) in [6, 6.07) is 5.63. The van der Waals surface area contributed by atoms with Crippen molar-refractivity contribution in [3.05, 3.63) is 35.1 Å². The lowest BCUT2D eigenvalue weighted by molar-refractivity contribution is 0.0636. The van der Waals surface area contributed by atoms with Gasteiger partial charge in [-0.3, -0.25) is 10.3 Å². The maximum Gasteiger partial charge on any atom is 0.412 e. The van der Waals surface area contributed by atoms with Crippen molar-refractivity contribution >= 4 is 38.5 Å². The monoisotopic (exact) mass is 322 g/mol. The van der Waals surface area contributed by atoms with Gasteiger partial charge in [-0.25, -0.2) is 4.79 Å². The fourth-order valence-corrected chi connectivity index (χ4v) is 2.27. The van der Waals surface area contributed by atoms with Crippen molar-refractivity contribution in [1.29, 1.82) is 0 Å². The van der Waals surface area contributed by atoms with Gasteiger partial charge in [0, 0.05) is 27.6 Å². The Morgan fingerprint density at radius 1 is 1.32 bits per heavy atom. The normalized spacial score (nSPS) is 11.4. The second-order valence-electron chi connectivity index (χ2n) is 5.15. The summed E-state index contributed by atoms with van der Waals surface area (Å²) in [6.07, 6.45) is 2.98. The Balaban J connectivity index is 2.33. The number of aromatic nitrogens is 1. The highest BCUT2D eigenvalue weighted by atomic mass is 79.9. The molecule has 1 aromatic carbocycles. The van der Waals surface area contributed by atoms with Crippen LogP contribution in [0.2, 0.25) is 0 Å². The third kappa shape index (κ3) is 3.44. The van der Waals surface area contributed by atoms with Crippen molar-refractivity contribution in [2.45, 2.75) is 26.4 Å². The van der Waals surface area contributed by atoms with Crippen LogP contribution in [0.25, 0.3) is 10.8 Å². The van der Waals surface area contributed by atoms with Gasteiger partial charge in [-0.1, -0.05) is 12.1 Å². The van der Waals surface area contributed by atoms with Crippen molar-refractivity contribution in [3.8, 4) is 0 Å². The smallest absolute Gasteiger partial charge is 0.412 e. The summed E-state index contributed by atoms with van der Waals surface area (Å²) in [5, 5.41) is 4.62. The zero-order chi connectivity index (χ0) is 14.0. The van der Waals surface area contributed by atoms with Crippen LogP contribution in [0.15, 0.2) is 35.1 Å². The van der Waals surface area contributed by atoms with Crippen molar-refractivity contribution in [3.63, 3.8) is 0 Å². The molecule has 2 aromatic rings. The summed E-state index contributed by atoms with van der Waals surface area (Å²) in [7, 11) is 0. The average molecular weight is 323 g/mol. The third-order valence-electron chi connectivity index (χ3n) is 2.37. The van der Waals surface area contributed by atoms with Gasteiger partial charge in [-0.2, -0.15) is 0 Å². The number of ether oxygens (including phenoxy) is 1. The van der Waals surface area contributed by atoms with E-state index >= 15 is 0 Å². The molecular formula is C14H15BrN2O2. The molecule has 0 aliphatic carbocycles. The Hall–Kier alpha value is -1.62. The largest absolute Gasteiger partial charge is 0.444 e. The molecule has 19 heavy (non-hydrogen) atoms. The highest BCUT2D eigenvalue weighted by Crippen LogP contribution is 2.30. The molecule has 4 nitrogen and oxygen atoms in total. The number of nitrogens with one attached hydrogen (secondary N) is 1. The highest BCUT2D eigenvalue weighted by Gasteiger charge is 2.17. The maximum atomic E-state index is 11.8. The van der Waals surface area contributed by atoms with Gasteiger partial charge in [0.15, 0.2) is 0 Å². The number of rotatable bonds is 1. The van der Waals surface area contributed by atoms with Crippen LogP contribution in [0.1, 0.15) is 20.8 Å². The fourth-order valence-electron chi connectivity index (χ4n) is 1.71. The molecule has 0 fully saturated rings. The molecule has 0 radical (unpaired) electrons. The summed E-state index contributed by atoms with van der Waals surface area (Å²) in [4.78, 5) is 15.9. The van der Waals surface area contributed by atoms with E-state index in [1.165, 1.54) is 0 Å². The van der Waals surface area contributed by atoms with Gasteiger partial charge < -0.3 is 4.74 Å². The Morgan fingerprint density at radius 3 is 2.74 bits per heavy atom. The number of benzene rings is 1. The Bertz CT molecular complexity index is 615. The summed E-state index contributed by atoms with van der Waals surface area (Å²) >= 11 is 3.44. The second kappa shape index (κ2) is 5.17. The van der Waals surface area contributed by atoms with Crippen LogP contribution in [0.4, 0.5) is 10.5 Å². The number of carbonyl (C=O) groups is 1. The maximum absolute atomic E-state index is 11.8. The molecule has 0 saturated carbocycles. The van der Waals surface area contributed by atoms with E-state index in [1.54, 1.807) is 12.4 Å². The number of hydrogen-bond donors (Lipinski definition) is 1. The first-order valence-corrected chi connectivity index (χ1v) is 6.68. The van der Waals surface area contributed by atoms with Crippen molar-refractivity contribution < 1.29 is 9.53 Å². The highest BCUT2D eigenvalue weighted by molar-refractivity contribution is 9.10. The molecule has 0 saturated heterocycles. The van der Waals surface area contributed by atoms with E-state index in [-0.39, 0.29) is 0 Å². The minimum Gasteiger partial charge on any atom is -0.444 e. The number of carbonyl (C=O) groups excluding carboxylic acids is 1. The van der Waals surface area contributed by atoms with Crippen LogP contribution in [-0.4, -0.2) is 16.7 Å². The number of anilines is 1. The number of fused-ring (bicyclic) bond motifs is 1. The quantitative estimate of drug-likeness (QED) is 0.849. The van der Waals surface area contributed by atoms with Crippen molar-refractivity contribution in [1.82, 2.24) is 4.98 Å². The molecule has 1 amide bonds. The molecule has 5 heteroatoms. The Morgan fingerprint density at radius 2 is 2.05 bits per heavy atom. The van der Waals surface area contributed by atoms with Crippen LogP contribution >= 0.6 is 15.9 Å². The molecular weight excluding hydrogens is 308 g/mol. The summed E-state index contributed by atoms with van der Waals surface area (Å²) in [5.74, 6) is 0. The molecule has 100 valence electrons. The molecule has 0 bridgehead atoms. The molecule has 0 aliphatic heterocycles. The van der Waals surface area contributed by atoms with Crippen molar-refractivity contribution in [2.24, 2.45) is 0 Å². The minimum absolute atomic E-state index is 0.469. The summed E-state index contributed by atoms with van der Waals surface area (Å²) in [5.41, 5.74) is 0.175. The second-order valence-corrected chi connectivity index (χ2v) is 6.01. The lowest BCUT2D eigenvalue weighted by Gasteiger charge is -2.20. The molecule has 1 N–H and O–H groups in total. The third-order valence-corrected chi connectivity index (χ3v) is 2.97. The topological polar surface area (TPSA) is 51.2 Å². The first-order chi connectivity index (χ1) is 8.87. The van der Waals surface area contributed by atoms with Gasteiger partial charge in [-0.05, 0) is 42.8 Å². The molecule has 1 heterocycles. The number of pyridine rings is 1. The molecule has 0 atom stereocenters. The Kier molecular flexibility index (Phi) is 3.75. The predicted molar refractivity (Wildman–Crippen MR) is 79.3 cm³/mol.